The minimum absolute atomic E-state index is 0. The Hall–Kier alpha value is -0.700. The van der Waals surface area contributed by atoms with E-state index < -0.39 is 0 Å². The van der Waals surface area contributed by atoms with E-state index in [4.69, 9.17) is 0 Å². The largest absolute Gasteiger partial charge is 0.357 e. The number of anilines is 1. The van der Waals surface area contributed by atoms with E-state index in [0.29, 0.717) is 4.75 Å². The van der Waals surface area contributed by atoms with Crippen LogP contribution in [-0.2, 0) is 6.54 Å². The fraction of sp³-hybridized carbons (Fsp3) is 0.667. The summed E-state index contributed by atoms with van der Waals surface area (Å²) in [6, 6.07) is 4.27. The Morgan fingerprint density at radius 2 is 2.12 bits per heavy atom. The van der Waals surface area contributed by atoms with Crippen LogP contribution < -0.4 is 15.5 Å². The molecule has 5 nitrogen and oxygen atoms in total. The van der Waals surface area contributed by atoms with Gasteiger partial charge in [0.2, 0.25) is 0 Å². The number of guanidine groups is 1. The molecule has 3 rings (SSSR count). The molecule has 0 saturated carbocycles. The van der Waals surface area contributed by atoms with Crippen molar-refractivity contribution in [2.24, 2.45) is 4.99 Å². The lowest BCUT2D eigenvalue weighted by atomic mass is 10.1. The quantitative estimate of drug-likeness (QED) is 0.389. The minimum Gasteiger partial charge on any atom is -0.357 e. The number of hydrogen-bond acceptors (Lipinski definition) is 4. The van der Waals surface area contributed by atoms with E-state index in [0.717, 1.165) is 38.0 Å². The maximum atomic E-state index is 4.52. The van der Waals surface area contributed by atoms with Crippen LogP contribution in [-0.4, -0.2) is 48.1 Å². The number of nitrogens with one attached hydrogen (secondary N) is 2. The van der Waals surface area contributed by atoms with Crippen LogP contribution in [0.25, 0.3) is 0 Å². The van der Waals surface area contributed by atoms with Crippen LogP contribution in [0.3, 0.4) is 0 Å². The molecule has 0 spiro atoms. The molecule has 1 atom stereocenters. The van der Waals surface area contributed by atoms with Crippen molar-refractivity contribution < 1.29 is 0 Å². The van der Waals surface area contributed by atoms with Crippen LogP contribution >= 0.6 is 35.7 Å². The summed E-state index contributed by atoms with van der Waals surface area (Å²) in [5.41, 5.74) is 1.25. The molecular weight excluding hydrogens is 445 g/mol. The Morgan fingerprint density at radius 1 is 1.32 bits per heavy atom. The maximum absolute atomic E-state index is 4.52. The molecule has 7 heteroatoms. The number of pyridine rings is 1. The Labute approximate surface area is 172 Å². The van der Waals surface area contributed by atoms with Gasteiger partial charge in [0.05, 0.1) is 0 Å². The Kier molecular flexibility index (Phi) is 8.12. The van der Waals surface area contributed by atoms with E-state index in [9.17, 15) is 0 Å². The number of thioether (sulfide) groups is 1. The lowest BCUT2D eigenvalue weighted by molar-refractivity contribution is 0.584. The normalized spacial score (nSPS) is 23.4. The SMILES string of the molecule is CN=C(NCc1ccnc(N2CCCC2)c1)NCC1(C)CCCS1.I. The van der Waals surface area contributed by atoms with Gasteiger partial charge in [-0.05, 0) is 56.1 Å². The second kappa shape index (κ2) is 9.85. The van der Waals surface area contributed by atoms with E-state index in [1.165, 1.54) is 37.0 Å². The van der Waals surface area contributed by atoms with E-state index in [1.807, 2.05) is 13.2 Å². The third kappa shape index (κ3) is 5.91. The third-order valence-electron chi connectivity index (χ3n) is 4.85. The first kappa shape index (κ1) is 20.6. The van der Waals surface area contributed by atoms with Crippen molar-refractivity contribution in [3.05, 3.63) is 23.9 Å². The fourth-order valence-corrected chi connectivity index (χ4v) is 4.59. The van der Waals surface area contributed by atoms with Crippen molar-refractivity contribution in [2.75, 3.05) is 37.3 Å². The second-order valence-corrected chi connectivity index (χ2v) is 8.58. The van der Waals surface area contributed by atoms with Gasteiger partial charge in [-0.2, -0.15) is 11.8 Å². The zero-order valence-electron chi connectivity index (χ0n) is 15.3. The van der Waals surface area contributed by atoms with Crippen LogP contribution in [0.15, 0.2) is 23.3 Å². The number of hydrogen-bond donors (Lipinski definition) is 2. The van der Waals surface area contributed by atoms with Gasteiger partial charge in [-0.1, -0.05) is 0 Å². The molecule has 3 heterocycles. The van der Waals surface area contributed by atoms with Crippen LogP contribution in [0.1, 0.15) is 38.2 Å². The van der Waals surface area contributed by atoms with E-state index in [-0.39, 0.29) is 24.0 Å². The molecule has 1 aromatic rings. The second-order valence-electron chi connectivity index (χ2n) is 6.90. The van der Waals surface area contributed by atoms with Gasteiger partial charge in [0.15, 0.2) is 5.96 Å². The number of aromatic nitrogens is 1. The summed E-state index contributed by atoms with van der Waals surface area (Å²) in [4.78, 5) is 11.2. The molecule has 140 valence electrons. The first-order valence-electron chi connectivity index (χ1n) is 8.97. The lowest BCUT2D eigenvalue weighted by Gasteiger charge is -2.24. The van der Waals surface area contributed by atoms with Crippen LogP contribution in [0.2, 0.25) is 0 Å². The number of nitrogens with zero attached hydrogens (tertiary/aromatic N) is 3. The van der Waals surface area contributed by atoms with Crippen LogP contribution in [0.5, 0.6) is 0 Å². The smallest absolute Gasteiger partial charge is 0.191 e. The Morgan fingerprint density at radius 3 is 2.80 bits per heavy atom. The monoisotopic (exact) mass is 475 g/mol. The molecular formula is C18H30IN5S. The Balaban J connectivity index is 0.00000225. The first-order chi connectivity index (χ1) is 11.7. The van der Waals surface area contributed by atoms with Gasteiger partial charge < -0.3 is 15.5 Å². The summed E-state index contributed by atoms with van der Waals surface area (Å²) < 4.78 is 0.344. The van der Waals surface area contributed by atoms with Gasteiger partial charge >= 0.3 is 0 Å². The van der Waals surface area contributed by atoms with Gasteiger partial charge in [0, 0.05) is 44.2 Å². The lowest BCUT2D eigenvalue weighted by Crippen LogP contribution is -2.43. The van der Waals surface area contributed by atoms with Crippen molar-refractivity contribution in [3.8, 4) is 0 Å². The number of aliphatic imine (C=N–C) groups is 1. The highest BCUT2D eigenvalue weighted by Crippen LogP contribution is 2.36. The maximum Gasteiger partial charge on any atom is 0.191 e. The van der Waals surface area contributed by atoms with Crippen molar-refractivity contribution in [2.45, 2.75) is 43.9 Å². The van der Waals surface area contributed by atoms with Crippen LogP contribution in [0.4, 0.5) is 5.82 Å². The van der Waals surface area contributed by atoms with Gasteiger partial charge in [-0.15, -0.1) is 24.0 Å². The standard InChI is InChI=1S/C18H29N5S.HI/c1-18(7-5-11-24-18)14-22-17(19-2)21-13-15-6-8-20-16(12-15)23-9-3-4-10-23;/h6,8,12H,3-5,7,9-11,13-14H2,1-2H3,(H2,19,21,22);1H. The van der Waals surface area contributed by atoms with Crippen molar-refractivity contribution in [3.63, 3.8) is 0 Å². The summed E-state index contributed by atoms with van der Waals surface area (Å²) in [6.07, 6.45) is 7.07. The third-order valence-corrected chi connectivity index (χ3v) is 6.39. The predicted octanol–water partition coefficient (Wildman–Crippen LogP) is 3.25. The van der Waals surface area contributed by atoms with Crippen molar-refractivity contribution in [1.29, 1.82) is 0 Å². The highest BCUT2D eigenvalue weighted by atomic mass is 127. The molecule has 0 bridgehead atoms. The van der Waals surface area contributed by atoms with Gasteiger partial charge in [0.25, 0.3) is 0 Å². The van der Waals surface area contributed by atoms with E-state index >= 15 is 0 Å². The summed E-state index contributed by atoms with van der Waals surface area (Å²) in [5.74, 6) is 3.26. The summed E-state index contributed by atoms with van der Waals surface area (Å²) in [7, 11) is 1.83. The molecule has 0 aromatic carbocycles. The molecule has 0 aliphatic carbocycles. The van der Waals surface area contributed by atoms with Gasteiger partial charge in [-0.3, -0.25) is 4.99 Å². The van der Waals surface area contributed by atoms with Gasteiger partial charge in [-0.25, -0.2) is 4.98 Å². The molecule has 25 heavy (non-hydrogen) atoms. The first-order valence-corrected chi connectivity index (χ1v) is 9.95. The number of halogens is 1. The molecule has 1 aromatic heterocycles. The highest BCUT2D eigenvalue weighted by molar-refractivity contribution is 14.0. The summed E-state index contributed by atoms with van der Waals surface area (Å²) >= 11 is 2.07. The average Bonchev–Trinajstić information content (AvgIpc) is 3.27. The fourth-order valence-electron chi connectivity index (χ4n) is 3.34. The predicted molar refractivity (Wildman–Crippen MR) is 119 cm³/mol. The molecule has 2 saturated heterocycles. The number of rotatable bonds is 5. The zero-order valence-corrected chi connectivity index (χ0v) is 18.4. The molecule has 2 fully saturated rings. The molecule has 2 aliphatic heterocycles. The molecule has 2 N–H and O–H groups in total. The van der Waals surface area contributed by atoms with Crippen LogP contribution in [0, 0.1) is 0 Å². The van der Waals surface area contributed by atoms with E-state index in [2.05, 4.69) is 56.3 Å². The molecule has 0 radical (unpaired) electrons. The molecule has 1 unspecified atom stereocenters. The molecule has 0 amide bonds. The zero-order chi connectivity index (χ0) is 16.8. The molecule has 2 aliphatic rings. The summed E-state index contributed by atoms with van der Waals surface area (Å²) in [5, 5.41) is 6.91. The van der Waals surface area contributed by atoms with Crippen molar-refractivity contribution >= 4 is 47.5 Å². The summed E-state index contributed by atoms with van der Waals surface area (Å²) in [6.45, 7) is 6.34. The highest BCUT2D eigenvalue weighted by Gasteiger charge is 2.29. The van der Waals surface area contributed by atoms with Gasteiger partial charge in [0.1, 0.15) is 5.82 Å². The minimum atomic E-state index is 0. The van der Waals surface area contributed by atoms with E-state index in [1.54, 1.807) is 0 Å². The Bertz CT molecular complexity index is 568. The van der Waals surface area contributed by atoms with Crippen molar-refractivity contribution in [1.82, 2.24) is 15.6 Å². The average molecular weight is 475 g/mol. The topological polar surface area (TPSA) is 52.6 Å².